The van der Waals surface area contributed by atoms with Gasteiger partial charge in [-0.05, 0) is 17.3 Å². The molecule has 0 aliphatic rings. The minimum Gasteiger partial charge on any atom is -0.350 e. The van der Waals surface area contributed by atoms with Crippen molar-refractivity contribution in [3.8, 4) is 0 Å². The maximum atomic E-state index is 12.6. The Labute approximate surface area is 156 Å². The minimum absolute atomic E-state index is 0.0446. The van der Waals surface area contributed by atoms with Crippen molar-refractivity contribution in [3.63, 3.8) is 0 Å². The zero-order chi connectivity index (χ0) is 19.2. The third kappa shape index (κ3) is 8.47. The van der Waals surface area contributed by atoms with E-state index in [4.69, 9.17) is 0 Å². The van der Waals surface area contributed by atoms with Crippen LogP contribution in [0, 0.1) is 17.3 Å². The lowest BCUT2D eigenvalue weighted by Gasteiger charge is -2.27. The standard InChI is InChI=1S/C19H33N3O2S/c1-13(2)9-20-18(24)15-12-25-16(21-15)11-22(10-14(3)4)17(23)8-19(5,6)7/h12-14H,8-11H2,1-7H3,(H,20,24). The van der Waals surface area contributed by atoms with Gasteiger partial charge in [-0.2, -0.15) is 0 Å². The van der Waals surface area contributed by atoms with Crippen LogP contribution in [0.5, 0.6) is 0 Å². The number of thiazole rings is 1. The monoisotopic (exact) mass is 367 g/mol. The van der Waals surface area contributed by atoms with Crippen molar-refractivity contribution >= 4 is 23.2 Å². The SMILES string of the molecule is CC(C)CNC(=O)c1csc(CN(CC(C)C)C(=O)CC(C)(C)C)n1. The average Bonchev–Trinajstić information content (AvgIpc) is 2.90. The zero-order valence-corrected chi connectivity index (χ0v) is 17.5. The summed E-state index contributed by atoms with van der Waals surface area (Å²) in [5, 5.41) is 5.45. The van der Waals surface area contributed by atoms with Crippen LogP contribution in [0.15, 0.2) is 5.38 Å². The molecule has 5 nitrogen and oxygen atoms in total. The lowest BCUT2D eigenvalue weighted by atomic mass is 9.91. The largest absolute Gasteiger partial charge is 0.350 e. The van der Waals surface area contributed by atoms with E-state index in [0.29, 0.717) is 43.6 Å². The minimum atomic E-state index is -0.146. The molecule has 0 saturated heterocycles. The molecule has 0 aliphatic carbocycles. The van der Waals surface area contributed by atoms with Crippen LogP contribution in [0.1, 0.15) is 70.4 Å². The van der Waals surface area contributed by atoms with Crippen molar-refractivity contribution in [2.24, 2.45) is 17.3 Å². The first-order valence-electron chi connectivity index (χ1n) is 8.98. The Morgan fingerprint density at radius 1 is 1.20 bits per heavy atom. The molecule has 0 radical (unpaired) electrons. The van der Waals surface area contributed by atoms with Gasteiger partial charge in [0.15, 0.2) is 0 Å². The Morgan fingerprint density at radius 2 is 1.84 bits per heavy atom. The van der Waals surface area contributed by atoms with Gasteiger partial charge in [-0.1, -0.05) is 48.5 Å². The number of nitrogens with one attached hydrogen (secondary N) is 1. The van der Waals surface area contributed by atoms with Crippen LogP contribution in [0.25, 0.3) is 0 Å². The van der Waals surface area contributed by atoms with E-state index in [1.165, 1.54) is 11.3 Å². The number of hydrogen-bond acceptors (Lipinski definition) is 4. The second-order valence-corrected chi connectivity index (χ2v) is 9.58. The average molecular weight is 368 g/mol. The molecular formula is C19H33N3O2S. The van der Waals surface area contributed by atoms with Crippen molar-refractivity contribution in [1.82, 2.24) is 15.2 Å². The predicted molar refractivity (Wildman–Crippen MR) is 104 cm³/mol. The normalized spacial score (nSPS) is 11.9. The number of carbonyl (C=O) groups is 2. The summed E-state index contributed by atoms with van der Waals surface area (Å²) in [7, 11) is 0. The molecule has 0 saturated carbocycles. The summed E-state index contributed by atoms with van der Waals surface area (Å²) in [6.07, 6.45) is 0.507. The van der Waals surface area contributed by atoms with Crippen LogP contribution in [0.3, 0.4) is 0 Å². The van der Waals surface area contributed by atoms with Crippen LogP contribution < -0.4 is 5.32 Å². The van der Waals surface area contributed by atoms with E-state index in [1.54, 1.807) is 5.38 Å². The van der Waals surface area contributed by atoms with Crippen molar-refractivity contribution in [2.75, 3.05) is 13.1 Å². The van der Waals surface area contributed by atoms with E-state index in [2.05, 4.69) is 58.8 Å². The summed E-state index contributed by atoms with van der Waals surface area (Å²) in [6, 6.07) is 0. The third-order valence-corrected chi connectivity index (χ3v) is 4.23. The lowest BCUT2D eigenvalue weighted by Crippen LogP contribution is -2.35. The number of carbonyl (C=O) groups excluding carboxylic acids is 2. The van der Waals surface area contributed by atoms with Crippen LogP contribution >= 0.6 is 11.3 Å². The Balaban J connectivity index is 2.77. The molecule has 25 heavy (non-hydrogen) atoms. The van der Waals surface area contributed by atoms with Crippen molar-refractivity contribution in [3.05, 3.63) is 16.1 Å². The first-order valence-corrected chi connectivity index (χ1v) is 9.86. The topological polar surface area (TPSA) is 62.3 Å². The van der Waals surface area contributed by atoms with Crippen LogP contribution in [0.2, 0.25) is 0 Å². The Hall–Kier alpha value is -1.43. The quantitative estimate of drug-likeness (QED) is 0.757. The van der Waals surface area contributed by atoms with E-state index < -0.39 is 0 Å². The molecule has 1 aromatic rings. The van der Waals surface area contributed by atoms with Gasteiger partial charge < -0.3 is 10.2 Å². The van der Waals surface area contributed by atoms with Crippen LogP contribution in [-0.4, -0.2) is 34.8 Å². The van der Waals surface area contributed by atoms with Crippen LogP contribution in [-0.2, 0) is 11.3 Å². The lowest BCUT2D eigenvalue weighted by molar-refractivity contribution is -0.134. The van der Waals surface area contributed by atoms with Gasteiger partial charge in [0.25, 0.3) is 5.91 Å². The van der Waals surface area contributed by atoms with E-state index >= 15 is 0 Å². The van der Waals surface area contributed by atoms with E-state index in [-0.39, 0.29) is 17.2 Å². The van der Waals surface area contributed by atoms with Gasteiger partial charge in [0.05, 0.1) is 6.54 Å². The molecule has 1 rings (SSSR count). The van der Waals surface area contributed by atoms with Gasteiger partial charge in [0.1, 0.15) is 10.7 Å². The molecule has 0 spiro atoms. The summed E-state index contributed by atoms with van der Waals surface area (Å²) in [5.41, 5.74) is 0.394. The Bertz CT molecular complexity index is 573. The third-order valence-electron chi connectivity index (χ3n) is 3.40. The summed E-state index contributed by atoms with van der Waals surface area (Å²) >= 11 is 1.44. The maximum absolute atomic E-state index is 12.6. The first kappa shape index (κ1) is 21.6. The second-order valence-electron chi connectivity index (χ2n) is 8.64. The number of rotatable bonds is 8. The van der Waals surface area contributed by atoms with Crippen molar-refractivity contribution in [2.45, 2.75) is 61.4 Å². The van der Waals surface area contributed by atoms with E-state index in [9.17, 15) is 9.59 Å². The molecule has 6 heteroatoms. The second kappa shape index (κ2) is 9.32. The first-order chi connectivity index (χ1) is 11.5. The Kier molecular flexibility index (Phi) is 8.06. The highest BCUT2D eigenvalue weighted by Crippen LogP contribution is 2.22. The van der Waals surface area contributed by atoms with Gasteiger partial charge in [-0.3, -0.25) is 9.59 Å². The molecule has 142 valence electrons. The molecule has 0 aromatic carbocycles. The van der Waals surface area contributed by atoms with Crippen molar-refractivity contribution in [1.29, 1.82) is 0 Å². The molecule has 0 aliphatic heterocycles. The highest BCUT2D eigenvalue weighted by atomic mass is 32.1. The summed E-state index contributed by atoms with van der Waals surface area (Å²) < 4.78 is 0. The van der Waals surface area contributed by atoms with Gasteiger partial charge in [-0.15, -0.1) is 11.3 Å². The molecule has 0 atom stereocenters. The zero-order valence-electron chi connectivity index (χ0n) is 16.7. The van der Waals surface area contributed by atoms with E-state index in [1.807, 2.05) is 4.90 Å². The van der Waals surface area contributed by atoms with Gasteiger partial charge in [-0.25, -0.2) is 4.98 Å². The van der Waals surface area contributed by atoms with Crippen LogP contribution in [0.4, 0.5) is 0 Å². The molecule has 1 heterocycles. The number of hydrogen-bond donors (Lipinski definition) is 1. The molecule has 0 unspecified atom stereocenters. The smallest absolute Gasteiger partial charge is 0.270 e. The highest BCUT2D eigenvalue weighted by molar-refractivity contribution is 7.09. The molecule has 0 fully saturated rings. The van der Waals surface area contributed by atoms with E-state index in [0.717, 1.165) is 5.01 Å². The highest BCUT2D eigenvalue weighted by Gasteiger charge is 2.23. The predicted octanol–water partition coefficient (Wildman–Crippen LogP) is 3.95. The maximum Gasteiger partial charge on any atom is 0.270 e. The molecule has 2 amide bonds. The van der Waals surface area contributed by atoms with Crippen molar-refractivity contribution < 1.29 is 9.59 Å². The number of aromatic nitrogens is 1. The summed E-state index contributed by atoms with van der Waals surface area (Å²) in [4.78, 5) is 31.0. The summed E-state index contributed by atoms with van der Waals surface area (Å²) in [5.74, 6) is 0.783. The van der Waals surface area contributed by atoms with Gasteiger partial charge >= 0.3 is 0 Å². The molecule has 0 bridgehead atoms. The molecule has 1 aromatic heterocycles. The summed E-state index contributed by atoms with van der Waals surface area (Å²) in [6.45, 7) is 16.3. The number of amides is 2. The fourth-order valence-electron chi connectivity index (χ4n) is 2.30. The fraction of sp³-hybridized carbons (Fsp3) is 0.737. The van der Waals surface area contributed by atoms with Gasteiger partial charge in [0, 0.05) is 24.9 Å². The van der Waals surface area contributed by atoms with Gasteiger partial charge in [0.2, 0.25) is 5.91 Å². The number of nitrogens with zero attached hydrogens (tertiary/aromatic N) is 2. The fourth-order valence-corrected chi connectivity index (χ4v) is 3.09. The molecule has 1 N–H and O–H groups in total. The Morgan fingerprint density at radius 3 is 2.36 bits per heavy atom. The molecular weight excluding hydrogens is 334 g/mol.